The van der Waals surface area contributed by atoms with Crippen molar-refractivity contribution in [2.24, 2.45) is 0 Å². The van der Waals surface area contributed by atoms with Crippen LogP contribution in [0.5, 0.6) is 11.5 Å². The molecular weight excluding hydrogens is 308 g/mol. The molecule has 0 fully saturated rings. The van der Waals surface area contributed by atoms with Crippen molar-refractivity contribution in [3.05, 3.63) is 34.8 Å². The second-order valence-electron chi connectivity index (χ2n) is 4.07. The van der Waals surface area contributed by atoms with E-state index in [0.717, 1.165) is 11.4 Å². The first-order valence-corrected chi connectivity index (χ1v) is 8.42. The Balaban J connectivity index is 2.23. The molecule has 0 aliphatic rings. The third-order valence-corrected chi connectivity index (χ3v) is 4.11. The maximum absolute atomic E-state index is 12.4. The van der Waals surface area contributed by atoms with Gasteiger partial charge in [0.25, 0.3) is 5.91 Å². The Bertz CT molecular complexity index is 606. The fraction of sp³-hybridized carbons (Fsp3) is 0.286. The average molecular weight is 324 g/mol. The standard InChI is InChI=1S/C14H16N2O3S2/c1-18-10-5-4-6-11(19-2)12(10)13(17)16-14-15-9(7-20-3)8-21-14/h4-6,8H,7H2,1-3H3,(H,15,16,17). The number of methoxy groups -OCH3 is 2. The van der Waals surface area contributed by atoms with Crippen molar-refractivity contribution < 1.29 is 14.3 Å². The van der Waals surface area contributed by atoms with Crippen molar-refractivity contribution in [3.63, 3.8) is 0 Å². The van der Waals surface area contributed by atoms with Crippen LogP contribution in [0.4, 0.5) is 5.13 Å². The zero-order chi connectivity index (χ0) is 15.2. The minimum atomic E-state index is -0.297. The molecule has 5 nitrogen and oxygen atoms in total. The van der Waals surface area contributed by atoms with E-state index < -0.39 is 0 Å². The minimum absolute atomic E-state index is 0.297. The van der Waals surface area contributed by atoms with Crippen molar-refractivity contribution in [2.45, 2.75) is 5.75 Å². The number of nitrogens with one attached hydrogen (secondary N) is 1. The molecule has 2 rings (SSSR count). The van der Waals surface area contributed by atoms with Crippen molar-refractivity contribution in [2.75, 3.05) is 25.8 Å². The average Bonchev–Trinajstić information content (AvgIpc) is 2.93. The number of thioether (sulfide) groups is 1. The lowest BCUT2D eigenvalue weighted by molar-refractivity contribution is 0.102. The van der Waals surface area contributed by atoms with Gasteiger partial charge in [-0.1, -0.05) is 6.07 Å². The van der Waals surface area contributed by atoms with E-state index in [1.165, 1.54) is 25.6 Å². The van der Waals surface area contributed by atoms with Crippen LogP contribution >= 0.6 is 23.1 Å². The highest BCUT2D eigenvalue weighted by Gasteiger charge is 2.19. The highest BCUT2D eigenvalue weighted by atomic mass is 32.2. The zero-order valence-corrected chi connectivity index (χ0v) is 13.6. The highest BCUT2D eigenvalue weighted by Crippen LogP contribution is 2.29. The van der Waals surface area contributed by atoms with Crippen molar-refractivity contribution in [3.8, 4) is 11.5 Å². The molecule has 0 spiro atoms. The van der Waals surface area contributed by atoms with Crippen molar-refractivity contribution in [1.82, 2.24) is 4.98 Å². The van der Waals surface area contributed by atoms with E-state index in [-0.39, 0.29) is 5.91 Å². The van der Waals surface area contributed by atoms with Gasteiger partial charge in [0.05, 0.1) is 19.9 Å². The number of hydrogen-bond donors (Lipinski definition) is 1. The van der Waals surface area contributed by atoms with Crippen LogP contribution < -0.4 is 14.8 Å². The van der Waals surface area contributed by atoms with Gasteiger partial charge in [-0.25, -0.2) is 4.98 Å². The van der Waals surface area contributed by atoms with E-state index >= 15 is 0 Å². The van der Waals surface area contributed by atoms with Crippen LogP contribution in [0, 0.1) is 0 Å². The summed E-state index contributed by atoms with van der Waals surface area (Å²) in [6.07, 6.45) is 2.01. The van der Waals surface area contributed by atoms with Gasteiger partial charge in [0.2, 0.25) is 0 Å². The van der Waals surface area contributed by atoms with Gasteiger partial charge in [-0.15, -0.1) is 11.3 Å². The summed E-state index contributed by atoms with van der Waals surface area (Å²) in [5.74, 6) is 1.46. The van der Waals surface area contributed by atoms with Gasteiger partial charge in [-0.05, 0) is 18.4 Å². The Hall–Kier alpha value is -1.73. The molecule has 0 saturated carbocycles. The number of rotatable bonds is 6. The molecule has 21 heavy (non-hydrogen) atoms. The number of thiazole rings is 1. The monoisotopic (exact) mass is 324 g/mol. The Morgan fingerprint density at radius 2 is 2.00 bits per heavy atom. The predicted octanol–water partition coefficient (Wildman–Crippen LogP) is 3.28. The van der Waals surface area contributed by atoms with Gasteiger partial charge >= 0.3 is 0 Å². The molecule has 7 heteroatoms. The summed E-state index contributed by atoms with van der Waals surface area (Å²) in [7, 11) is 3.04. The first kappa shape index (κ1) is 15.7. The third kappa shape index (κ3) is 3.68. The van der Waals surface area contributed by atoms with Crippen molar-refractivity contribution >= 4 is 34.1 Å². The van der Waals surface area contributed by atoms with Crippen LogP contribution in [0.2, 0.25) is 0 Å². The topological polar surface area (TPSA) is 60.5 Å². The number of ether oxygens (including phenoxy) is 2. The van der Waals surface area contributed by atoms with Crippen LogP contribution in [0.25, 0.3) is 0 Å². The number of benzene rings is 1. The molecule has 112 valence electrons. The maximum atomic E-state index is 12.4. The van der Waals surface area contributed by atoms with E-state index in [1.807, 2.05) is 11.6 Å². The van der Waals surface area contributed by atoms with Gasteiger partial charge in [0, 0.05) is 11.1 Å². The number of carbonyl (C=O) groups excluding carboxylic acids is 1. The summed E-state index contributed by atoms with van der Waals surface area (Å²) >= 11 is 3.09. The summed E-state index contributed by atoms with van der Waals surface area (Å²) in [5, 5.41) is 5.29. The Labute approximate surface area is 131 Å². The number of nitrogens with zero attached hydrogens (tertiary/aromatic N) is 1. The van der Waals surface area contributed by atoms with Gasteiger partial charge in [-0.3, -0.25) is 10.1 Å². The van der Waals surface area contributed by atoms with Crippen LogP contribution in [0.1, 0.15) is 16.1 Å². The molecular formula is C14H16N2O3S2. The lowest BCUT2D eigenvalue weighted by Gasteiger charge is -2.11. The number of carbonyl (C=O) groups is 1. The molecule has 0 aliphatic carbocycles. The smallest absolute Gasteiger partial charge is 0.265 e. The lowest BCUT2D eigenvalue weighted by Crippen LogP contribution is -2.14. The largest absolute Gasteiger partial charge is 0.496 e. The van der Waals surface area contributed by atoms with Gasteiger partial charge in [0.15, 0.2) is 5.13 Å². The Morgan fingerprint density at radius 1 is 1.33 bits per heavy atom. The summed E-state index contributed by atoms with van der Waals surface area (Å²) in [6.45, 7) is 0. The molecule has 0 saturated heterocycles. The Kier molecular flexibility index (Phi) is 5.46. The van der Waals surface area contributed by atoms with E-state index in [1.54, 1.807) is 30.0 Å². The number of anilines is 1. The summed E-state index contributed by atoms with van der Waals surface area (Å²) in [6, 6.07) is 5.21. The van der Waals surface area contributed by atoms with Crippen LogP contribution in [-0.4, -0.2) is 31.4 Å². The minimum Gasteiger partial charge on any atom is -0.496 e. The van der Waals surface area contributed by atoms with Gasteiger partial charge in [-0.2, -0.15) is 11.8 Å². The number of hydrogen-bond acceptors (Lipinski definition) is 6. The van der Waals surface area contributed by atoms with E-state index in [2.05, 4.69) is 10.3 Å². The second kappa shape index (κ2) is 7.33. The van der Waals surface area contributed by atoms with E-state index in [0.29, 0.717) is 22.2 Å². The fourth-order valence-corrected chi connectivity index (χ4v) is 3.07. The third-order valence-electron chi connectivity index (χ3n) is 2.72. The highest BCUT2D eigenvalue weighted by molar-refractivity contribution is 7.97. The first-order chi connectivity index (χ1) is 10.2. The SMILES string of the molecule is COc1cccc(OC)c1C(=O)Nc1nc(CSC)cs1. The quantitative estimate of drug-likeness (QED) is 0.883. The van der Waals surface area contributed by atoms with Crippen LogP contribution in [0.3, 0.4) is 0 Å². The normalized spacial score (nSPS) is 10.2. The molecule has 1 amide bonds. The predicted molar refractivity (Wildman–Crippen MR) is 86.8 cm³/mol. The summed E-state index contributed by atoms with van der Waals surface area (Å²) in [5.41, 5.74) is 1.32. The second-order valence-corrected chi connectivity index (χ2v) is 5.79. The molecule has 0 bridgehead atoms. The molecule has 0 unspecified atom stereocenters. The zero-order valence-electron chi connectivity index (χ0n) is 12.0. The van der Waals surface area contributed by atoms with Gasteiger partial charge < -0.3 is 9.47 Å². The number of amides is 1. The molecule has 0 radical (unpaired) electrons. The van der Waals surface area contributed by atoms with Crippen LogP contribution in [0.15, 0.2) is 23.6 Å². The molecule has 0 aliphatic heterocycles. The van der Waals surface area contributed by atoms with Gasteiger partial charge in [0.1, 0.15) is 17.1 Å². The van der Waals surface area contributed by atoms with Crippen LogP contribution in [-0.2, 0) is 5.75 Å². The first-order valence-electron chi connectivity index (χ1n) is 6.15. The fourth-order valence-electron chi connectivity index (χ4n) is 1.81. The molecule has 1 aromatic carbocycles. The van der Waals surface area contributed by atoms with Crippen molar-refractivity contribution in [1.29, 1.82) is 0 Å². The molecule has 1 N–H and O–H groups in total. The Morgan fingerprint density at radius 3 is 2.57 bits per heavy atom. The molecule has 1 aromatic heterocycles. The molecule has 2 aromatic rings. The number of aromatic nitrogens is 1. The maximum Gasteiger partial charge on any atom is 0.265 e. The summed E-state index contributed by atoms with van der Waals surface area (Å²) < 4.78 is 10.5. The molecule has 1 heterocycles. The summed E-state index contributed by atoms with van der Waals surface area (Å²) in [4.78, 5) is 16.8. The van der Waals surface area contributed by atoms with E-state index in [4.69, 9.17) is 9.47 Å². The van der Waals surface area contributed by atoms with E-state index in [9.17, 15) is 4.79 Å². The molecule has 0 atom stereocenters. The lowest BCUT2D eigenvalue weighted by atomic mass is 10.1.